The van der Waals surface area contributed by atoms with Crippen molar-refractivity contribution in [3.05, 3.63) is 63.1 Å². The van der Waals surface area contributed by atoms with Crippen LogP contribution in [0.3, 0.4) is 0 Å². The van der Waals surface area contributed by atoms with Crippen molar-refractivity contribution in [3.8, 4) is 5.75 Å². The normalized spacial score (nSPS) is 16.3. The van der Waals surface area contributed by atoms with Crippen LogP contribution in [-0.2, 0) is 16.0 Å². The van der Waals surface area contributed by atoms with Gasteiger partial charge in [-0.1, -0.05) is 18.2 Å². The average molecular weight is 315 g/mol. The second-order valence-electron chi connectivity index (χ2n) is 5.41. The standard InChI is InChI=1S/C17H17NO5/c1-10-9-13(19)14(16(20)18(10)7-8-22-2)15-11-5-3-4-6-12(11)17(21)23-15/h3-6,9,15,19H,7-8H2,1-2H3/t15-/m0/s1. The monoisotopic (exact) mass is 315 g/mol. The first kappa shape index (κ1) is 15.3. The van der Waals surface area contributed by atoms with E-state index >= 15 is 0 Å². The highest BCUT2D eigenvalue weighted by Crippen LogP contribution is 2.37. The lowest BCUT2D eigenvalue weighted by atomic mass is 9.99. The fourth-order valence-corrected chi connectivity index (χ4v) is 2.84. The van der Waals surface area contributed by atoms with Crippen LogP contribution in [0.1, 0.15) is 33.3 Å². The summed E-state index contributed by atoms with van der Waals surface area (Å²) in [7, 11) is 1.55. The Morgan fingerprint density at radius 2 is 2.04 bits per heavy atom. The predicted molar refractivity (Wildman–Crippen MR) is 82.7 cm³/mol. The van der Waals surface area contributed by atoms with Crippen LogP contribution in [0.2, 0.25) is 0 Å². The Bertz CT molecular complexity index is 824. The molecule has 6 nitrogen and oxygen atoms in total. The molecule has 2 heterocycles. The maximum absolute atomic E-state index is 12.8. The summed E-state index contributed by atoms with van der Waals surface area (Å²) in [5.74, 6) is -0.663. The summed E-state index contributed by atoms with van der Waals surface area (Å²) in [6, 6.07) is 8.37. The van der Waals surface area contributed by atoms with Crippen LogP contribution in [0.25, 0.3) is 0 Å². The average Bonchev–Trinajstić information content (AvgIpc) is 2.84. The van der Waals surface area contributed by atoms with E-state index < -0.39 is 12.1 Å². The number of pyridine rings is 1. The summed E-state index contributed by atoms with van der Waals surface area (Å²) >= 11 is 0. The molecule has 1 aliphatic rings. The van der Waals surface area contributed by atoms with E-state index in [0.717, 1.165) is 0 Å². The molecule has 1 atom stereocenters. The highest BCUT2D eigenvalue weighted by atomic mass is 16.5. The highest BCUT2D eigenvalue weighted by Gasteiger charge is 2.35. The summed E-state index contributed by atoms with van der Waals surface area (Å²) < 4.78 is 11.9. The van der Waals surface area contributed by atoms with Crippen LogP contribution >= 0.6 is 0 Å². The molecule has 0 bridgehead atoms. The van der Waals surface area contributed by atoms with Crippen molar-refractivity contribution in [1.82, 2.24) is 4.57 Å². The van der Waals surface area contributed by atoms with Crippen molar-refractivity contribution in [3.63, 3.8) is 0 Å². The van der Waals surface area contributed by atoms with Gasteiger partial charge >= 0.3 is 5.97 Å². The molecule has 6 heteroatoms. The molecule has 120 valence electrons. The van der Waals surface area contributed by atoms with Gasteiger partial charge in [-0.2, -0.15) is 0 Å². The van der Waals surface area contributed by atoms with Crippen LogP contribution in [0.4, 0.5) is 0 Å². The molecular weight excluding hydrogens is 298 g/mol. The van der Waals surface area contributed by atoms with E-state index in [1.54, 1.807) is 38.3 Å². The van der Waals surface area contributed by atoms with E-state index in [1.807, 2.05) is 0 Å². The third-order valence-electron chi connectivity index (χ3n) is 3.99. The molecule has 0 fully saturated rings. The Balaban J connectivity index is 2.14. The number of cyclic esters (lactones) is 1. The van der Waals surface area contributed by atoms with E-state index in [9.17, 15) is 14.7 Å². The van der Waals surface area contributed by atoms with Crippen LogP contribution in [0.5, 0.6) is 5.75 Å². The maximum atomic E-state index is 12.8. The van der Waals surface area contributed by atoms with E-state index in [2.05, 4.69) is 0 Å². The molecule has 0 unspecified atom stereocenters. The first-order valence-corrected chi connectivity index (χ1v) is 7.26. The molecule has 1 N–H and O–H groups in total. The minimum Gasteiger partial charge on any atom is -0.507 e. The lowest BCUT2D eigenvalue weighted by Crippen LogP contribution is -2.29. The number of aromatic hydroxyl groups is 1. The number of aryl methyl sites for hydroxylation is 1. The van der Waals surface area contributed by atoms with Gasteiger partial charge in [0.1, 0.15) is 11.3 Å². The van der Waals surface area contributed by atoms with E-state index in [4.69, 9.17) is 9.47 Å². The van der Waals surface area contributed by atoms with E-state index in [1.165, 1.54) is 10.6 Å². The maximum Gasteiger partial charge on any atom is 0.339 e. The van der Waals surface area contributed by atoms with Gasteiger partial charge in [-0.15, -0.1) is 0 Å². The first-order valence-electron chi connectivity index (χ1n) is 7.26. The Morgan fingerprint density at radius 3 is 2.78 bits per heavy atom. The number of benzene rings is 1. The molecular formula is C17H17NO5. The zero-order valence-electron chi connectivity index (χ0n) is 12.9. The van der Waals surface area contributed by atoms with Crippen molar-refractivity contribution in [1.29, 1.82) is 0 Å². The summed E-state index contributed by atoms with van der Waals surface area (Å²) in [6.07, 6.45) is -0.888. The van der Waals surface area contributed by atoms with Gasteiger partial charge < -0.3 is 19.1 Å². The molecule has 23 heavy (non-hydrogen) atoms. The number of aromatic nitrogens is 1. The number of hydrogen-bond donors (Lipinski definition) is 1. The summed E-state index contributed by atoms with van der Waals surface area (Å²) in [4.78, 5) is 24.7. The summed E-state index contributed by atoms with van der Waals surface area (Å²) in [5, 5.41) is 10.3. The lowest BCUT2D eigenvalue weighted by Gasteiger charge is -2.17. The second kappa shape index (κ2) is 5.89. The zero-order chi connectivity index (χ0) is 16.6. The molecule has 1 aliphatic heterocycles. The lowest BCUT2D eigenvalue weighted by molar-refractivity contribution is 0.0449. The minimum atomic E-state index is -0.888. The number of carbonyl (C=O) groups excluding carboxylic acids is 1. The summed E-state index contributed by atoms with van der Waals surface area (Å²) in [5.41, 5.74) is 1.32. The number of nitrogens with zero attached hydrogens (tertiary/aromatic N) is 1. The van der Waals surface area contributed by atoms with Crippen molar-refractivity contribution in [2.75, 3.05) is 13.7 Å². The van der Waals surface area contributed by atoms with Gasteiger partial charge in [0.25, 0.3) is 5.56 Å². The molecule has 0 radical (unpaired) electrons. The minimum absolute atomic E-state index is 0.0741. The van der Waals surface area contributed by atoms with Crippen molar-refractivity contribution in [2.24, 2.45) is 0 Å². The molecule has 0 aliphatic carbocycles. The van der Waals surface area contributed by atoms with Crippen LogP contribution in [-0.4, -0.2) is 29.4 Å². The smallest absolute Gasteiger partial charge is 0.339 e. The summed E-state index contributed by atoms with van der Waals surface area (Å²) in [6.45, 7) is 2.46. The SMILES string of the molecule is COCCn1c(C)cc(O)c([C@H]2OC(=O)c3ccccc32)c1=O. The van der Waals surface area contributed by atoms with Gasteiger partial charge in [0.15, 0.2) is 6.10 Å². The topological polar surface area (TPSA) is 77.8 Å². The fourth-order valence-electron chi connectivity index (χ4n) is 2.84. The molecule has 0 amide bonds. The number of esters is 1. The molecule has 2 aromatic rings. The molecule has 0 saturated carbocycles. The zero-order valence-corrected chi connectivity index (χ0v) is 12.9. The highest BCUT2D eigenvalue weighted by molar-refractivity contribution is 5.94. The largest absolute Gasteiger partial charge is 0.507 e. The van der Waals surface area contributed by atoms with E-state index in [-0.39, 0.29) is 16.9 Å². The van der Waals surface area contributed by atoms with Gasteiger partial charge in [-0.25, -0.2) is 4.79 Å². The Hall–Kier alpha value is -2.60. The molecule has 0 spiro atoms. The number of hydrogen-bond acceptors (Lipinski definition) is 5. The molecule has 3 rings (SSSR count). The van der Waals surface area contributed by atoms with Crippen molar-refractivity contribution < 1.29 is 19.4 Å². The van der Waals surface area contributed by atoms with Crippen molar-refractivity contribution in [2.45, 2.75) is 19.6 Å². The van der Waals surface area contributed by atoms with Crippen LogP contribution < -0.4 is 5.56 Å². The third-order valence-corrected chi connectivity index (χ3v) is 3.99. The van der Waals surface area contributed by atoms with E-state index in [0.29, 0.717) is 30.0 Å². The Kier molecular flexibility index (Phi) is 3.92. The van der Waals surface area contributed by atoms with Gasteiger partial charge in [0.2, 0.25) is 0 Å². The fraction of sp³-hybridized carbons (Fsp3) is 0.294. The number of carbonyl (C=O) groups is 1. The number of methoxy groups -OCH3 is 1. The van der Waals surface area contributed by atoms with Gasteiger partial charge in [0, 0.05) is 24.9 Å². The molecule has 1 aromatic carbocycles. The van der Waals surface area contributed by atoms with Gasteiger partial charge in [-0.05, 0) is 19.1 Å². The number of ether oxygens (including phenoxy) is 2. The molecule has 1 aromatic heterocycles. The predicted octanol–water partition coefficient (Wildman–Crippen LogP) is 1.77. The van der Waals surface area contributed by atoms with Crippen LogP contribution in [0.15, 0.2) is 35.1 Å². The molecule has 0 saturated heterocycles. The Morgan fingerprint density at radius 1 is 1.30 bits per heavy atom. The van der Waals surface area contributed by atoms with Gasteiger partial charge in [0.05, 0.1) is 12.2 Å². The van der Waals surface area contributed by atoms with Crippen LogP contribution in [0, 0.1) is 6.92 Å². The second-order valence-corrected chi connectivity index (χ2v) is 5.41. The van der Waals surface area contributed by atoms with Crippen molar-refractivity contribution >= 4 is 5.97 Å². The van der Waals surface area contributed by atoms with Gasteiger partial charge in [-0.3, -0.25) is 4.79 Å². The number of fused-ring (bicyclic) bond motifs is 1. The third kappa shape index (κ3) is 2.51. The Labute approximate surface area is 132 Å². The number of rotatable bonds is 4. The first-order chi connectivity index (χ1) is 11.0. The quantitative estimate of drug-likeness (QED) is 0.870.